The second kappa shape index (κ2) is 7.14. The number of nitrogens with zero attached hydrogens (tertiary/aromatic N) is 1. The molecule has 0 radical (unpaired) electrons. The minimum atomic E-state index is 0.365. The van der Waals surface area contributed by atoms with Crippen LogP contribution < -0.4 is 5.43 Å². The van der Waals surface area contributed by atoms with Gasteiger partial charge in [-0.05, 0) is 47.9 Å². The van der Waals surface area contributed by atoms with Crippen LogP contribution in [-0.2, 0) is 0 Å². The zero-order valence-corrected chi connectivity index (χ0v) is 15.2. The van der Waals surface area contributed by atoms with Gasteiger partial charge in [-0.25, -0.2) is 5.01 Å². The van der Waals surface area contributed by atoms with Gasteiger partial charge in [0, 0.05) is 19.0 Å². The Kier molecular flexibility index (Phi) is 5.17. The maximum atomic E-state index is 4.67. The number of anilines is 1. The second-order valence-electron chi connectivity index (χ2n) is 7.16. The third-order valence-electron chi connectivity index (χ3n) is 5.28. The van der Waals surface area contributed by atoms with E-state index >= 15 is 0 Å². The maximum absolute atomic E-state index is 4.67. The topological polar surface area (TPSA) is 15.3 Å². The number of fused-ring (bicyclic) bond motifs is 1. The number of hydrazine groups is 1. The summed E-state index contributed by atoms with van der Waals surface area (Å²) in [5.41, 5.74) is 6.50. The molecule has 2 aromatic rings. The SMILES string of the molecule is Cc1ccc(NN(C)CC2(CS)CCCCC2)c2ccccc12. The molecule has 23 heavy (non-hydrogen) atoms. The predicted octanol–water partition coefficient (Wildman–Crippen LogP) is 5.29. The average Bonchev–Trinajstić information content (AvgIpc) is 2.58. The fourth-order valence-electron chi connectivity index (χ4n) is 3.96. The first kappa shape index (κ1) is 16.7. The third-order valence-corrected chi connectivity index (χ3v) is 5.95. The van der Waals surface area contributed by atoms with E-state index in [0.717, 1.165) is 12.3 Å². The van der Waals surface area contributed by atoms with Crippen LogP contribution in [0.1, 0.15) is 37.7 Å². The first-order chi connectivity index (χ1) is 11.1. The molecule has 0 atom stereocenters. The quantitative estimate of drug-likeness (QED) is 0.573. The number of hydrogen-bond donors (Lipinski definition) is 2. The Morgan fingerprint density at radius 2 is 1.74 bits per heavy atom. The van der Waals surface area contributed by atoms with Crippen LogP contribution in [0.5, 0.6) is 0 Å². The highest BCUT2D eigenvalue weighted by molar-refractivity contribution is 7.80. The number of thiol groups is 1. The van der Waals surface area contributed by atoms with Gasteiger partial charge in [-0.3, -0.25) is 0 Å². The van der Waals surface area contributed by atoms with Crippen molar-refractivity contribution in [2.24, 2.45) is 5.41 Å². The Hall–Kier alpha value is -1.19. The molecule has 3 heteroatoms. The van der Waals surface area contributed by atoms with Crippen LogP contribution in [0.2, 0.25) is 0 Å². The van der Waals surface area contributed by atoms with Gasteiger partial charge >= 0.3 is 0 Å². The molecule has 1 fully saturated rings. The van der Waals surface area contributed by atoms with E-state index in [0.29, 0.717) is 5.41 Å². The number of nitrogens with one attached hydrogen (secondary N) is 1. The van der Waals surface area contributed by atoms with Crippen molar-refractivity contribution in [3.63, 3.8) is 0 Å². The zero-order valence-electron chi connectivity index (χ0n) is 14.3. The monoisotopic (exact) mass is 328 g/mol. The smallest absolute Gasteiger partial charge is 0.0568 e. The van der Waals surface area contributed by atoms with Crippen LogP contribution in [0.25, 0.3) is 10.8 Å². The third kappa shape index (κ3) is 3.67. The summed E-state index contributed by atoms with van der Waals surface area (Å²) in [6.07, 6.45) is 6.69. The lowest BCUT2D eigenvalue weighted by molar-refractivity contribution is 0.160. The molecule has 0 bridgehead atoms. The Balaban J connectivity index is 1.78. The summed E-state index contributed by atoms with van der Waals surface area (Å²) in [5.74, 6) is 0.980. The van der Waals surface area contributed by atoms with Gasteiger partial charge in [-0.15, -0.1) is 0 Å². The number of aryl methyl sites for hydroxylation is 1. The summed E-state index contributed by atoms with van der Waals surface area (Å²) < 4.78 is 0. The van der Waals surface area contributed by atoms with Crippen molar-refractivity contribution in [3.05, 3.63) is 42.0 Å². The molecule has 1 N–H and O–H groups in total. The Bertz CT molecular complexity index is 662. The Labute approximate surface area is 145 Å². The highest BCUT2D eigenvalue weighted by Crippen LogP contribution is 2.38. The summed E-state index contributed by atoms with van der Waals surface area (Å²) >= 11 is 4.67. The van der Waals surface area contributed by atoms with E-state index in [2.05, 4.69) is 73.4 Å². The molecule has 3 rings (SSSR count). The zero-order chi connectivity index (χ0) is 16.3. The van der Waals surface area contributed by atoms with Crippen molar-refractivity contribution in [1.82, 2.24) is 5.01 Å². The summed E-state index contributed by atoms with van der Waals surface area (Å²) in [5, 5.41) is 4.88. The number of rotatable bonds is 5. The summed E-state index contributed by atoms with van der Waals surface area (Å²) in [6, 6.07) is 13.0. The van der Waals surface area contributed by atoms with Gasteiger partial charge in [0.2, 0.25) is 0 Å². The van der Waals surface area contributed by atoms with E-state index in [1.807, 2.05) is 0 Å². The van der Waals surface area contributed by atoms with Crippen molar-refractivity contribution in [2.45, 2.75) is 39.0 Å². The van der Waals surface area contributed by atoms with E-state index in [-0.39, 0.29) is 0 Å². The summed E-state index contributed by atoms with van der Waals surface area (Å²) in [6.45, 7) is 3.23. The predicted molar refractivity (Wildman–Crippen MR) is 104 cm³/mol. The van der Waals surface area contributed by atoms with E-state index in [1.165, 1.54) is 54.1 Å². The standard InChI is InChI=1S/C20H28N2S/c1-16-10-11-19(18-9-5-4-8-17(16)18)21-22(2)14-20(15-23)12-6-3-7-13-20/h4-5,8-11,21,23H,3,6-7,12-15H2,1-2H3. The van der Waals surface area contributed by atoms with Crippen LogP contribution in [0.4, 0.5) is 5.69 Å². The number of hydrogen-bond acceptors (Lipinski definition) is 3. The van der Waals surface area contributed by atoms with Gasteiger partial charge in [0.05, 0.1) is 5.69 Å². The lowest BCUT2D eigenvalue weighted by Crippen LogP contribution is -2.41. The molecular formula is C20H28N2S. The molecule has 0 saturated heterocycles. The van der Waals surface area contributed by atoms with Crippen LogP contribution in [0, 0.1) is 12.3 Å². The molecule has 0 aliphatic heterocycles. The first-order valence-corrected chi connectivity index (χ1v) is 9.34. The summed E-state index contributed by atoms with van der Waals surface area (Å²) in [7, 11) is 2.16. The molecule has 0 heterocycles. The molecule has 0 aromatic heterocycles. The second-order valence-corrected chi connectivity index (χ2v) is 7.48. The Morgan fingerprint density at radius 1 is 1.04 bits per heavy atom. The van der Waals surface area contributed by atoms with Gasteiger partial charge in [-0.1, -0.05) is 49.6 Å². The molecule has 0 unspecified atom stereocenters. The van der Waals surface area contributed by atoms with Crippen LogP contribution in [-0.4, -0.2) is 24.4 Å². The highest BCUT2D eigenvalue weighted by atomic mass is 32.1. The van der Waals surface area contributed by atoms with Crippen molar-refractivity contribution in [3.8, 4) is 0 Å². The molecule has 0 spiro atoms. The van der Waals surface area contributed by atoms with Gasteiger partial charge in [-0.2, -0.15) is 12.6 Å². The van der Waals surface area contributed by atoms with Crippen molar-refractivity contribution >= 4 is 29.1 Å². The van der Waals surface area contributed by atoms with Gasteiger partial charge in [0.15, 0.2) is 0 Å². The summed E-state index contributed by atoms with van der Waals surface area (Å²) in [4.78, 5) is 0. The van der Waals surface area contributed by atoms with Gasteiger partial charge in [0.25, 0.3) is 0 Å². The van der Waals surface area contributed by atoms with E-state index in [9.17, 15) is 0 Å². The van der Waals surface area contributed by atoms with Crippen molar-refractivity contribution in [2.75, 3.05) is 24.8 Å². The van der Waals surface area contributed by atoms with Crippen molar-refractivity contribution in [1.29, 1.82) is 0 Å². The van der Waals surface area contributed by atoms with Gasteiger partial charge in [0.1, 0.15) is 0 Å². The van der Waals surface area contributed by atoms with E-state index < -0.39 is 0 Å². The Morgan fingerprint density at radius 3 is 2.43 bits per heavy atom. The van der Waals surface area contributed by atoms with Crippen LogP contribution >= 0.6 is 12.6 Å². The molecule has 1 aliphatic carbocycles. The maximum Gasteiger partial charge on any atom is 0.0568 e. The fraction of sp³-hybridized carbons (Fsp3) is 0.500. The largest absolute Gasteiger partial charge is 0.318 e. The normalized spacial score (nSPS) is 17.6. The number of benzene rings is 2. The minimum Gasteiger partial charge on any atom is -0.318 e. The molecule has 2 aromatic carbocycles. The molecular weight excluding hydrogens is 300 g/mol. The average molecular weight is 329 g/mol. The fourth-order valence-corrected chi connectivity index (χ4v) is 4.38. The lowest BCUT2D eigenvalue weighted by atomic mass is 9.75. The van der Waals surface area contributed by atoms with Crippen LogP contribution in [0.3, 0.4) is 0 Å². The van der Waals surface area contributed by atoms with E-state index in [1.54, 1.807) is 0 Å². The van der Waals surface area contributed by atoms with Gasteiger partial charge < -0.3 is 5.43 Å². The van der Waals surface area contributed by atoms with Crippen LogP contribution in [0.15, 0.2) is 36.4 Å². The minimum absolute atomic E-state index is 0.365. The van der Waals surface area contributed by atoms with E-state index in [4.69, 9.17) is 0 Å². The molecule has 124 valence electrons. The molecule has 1 aliphatic rings. The molecule has 2 nitrogen and oxygen atoms in total. The lowest BCUT2D eigenvalue weighted by Gasteiger charge is -2.39. The molecule has 0 amide bonds. The highest BCUT2D eigenvalue weighted by Gasteiger charge is 2.31. The first-order valence-electron chi connectivity index (χ1n) is 8.71. The van der Waals surface area contributed by atoms with Crippen molar-refractivity contribution < 1.29 is 0 Å². The molecule has 1 saturated carbocycles.